The molecule has 0 aliphatic heterocycles. The van der Waals surface area contributed by atoms with Gasteiger partial charge in [0.15, 0.2) is 0 Å². The van der Waals surface area contributed by atoms with E-state index in [0.29, 0.717) is 6.04 Å². The number of hydrogen-bond donors (Lipinski definition) is 1. The van der Waals surface area contributed by atoms with Crippen molar-refractivity contribution in [2.24, 2.45) is 0 Å². The predicted octanol–water partition coefficient (Wildman–Crippen LogP) is 3.42. The summed E-state index contributed by atoms with van der Waals surface area (Å²) in [6.07, 6.45) is 16.3. The molecule has 0 bridgehead atoms. The molecule has 0 aromatic heterocycles. The Hall–Kier alpha value is -0.760. The van der Waals surface area contributed by atoms with E-state index in [0.717, 1.165) is 19.3 Å². The number of hydrogen-bond acceptors (Lipinski definition) is 1. The lowest BCUT2D eigenvalue weighted by Crippen LogP contribution is -2.27. The molecule has 0 spiro atoms. The number of allylic oxidation sites excluding steroid dienone is 6. The Morgan fingerprint density at radius 2 is 2.14 bits per heavy atom. The van der Waals surface area contributed by atoms with E-state index in [9.17, 15) is 0 Å². The molecule has 1 nitrogen and oxygen atoms in total. The van der Waals surface area contributed by atoms with Gasteiger partial charge >= 0.3 is 0 Å². The molecule has 74 valence electrons. The molecule has 0 saturated heterocycles. The lowest BCUT2D eigenvalue weighted by Gasteiger charge is -2.20. The Labute approximate surface area is 93.4 Å². The van der Waals surface area contributed by atoms with Crippen molar-refractivity contribution >= 4 is 15.9 Å². The van der Waals surface area contributed by atoms with Gasteiger partial charge in [-0.1, -0.05) is 46.3 Å². The van der Waals surface area contributed by atoms with Crippen LogP contribution < -0.4 is 5.32 Å². The van der Waals surface area contributed by atoms with Crippen molar-refractivity contribution in [1.29, 1.82) is 0 Å². The van der Waals surface area contributed by atoms with Crippen LogP contribution in [0.3, 0.4) is 0 Å². The highest BCUT2D eigenvalue weighted by molar-refractivity contribution is 9.11. The van der Waals surface area contributed by atoms with E-state index in [-0.39, 0.29) is 0 Å². The van der Waals surface area contributed by atoms with E-state index in [4.69, 9.17) is 0 Å². The van der Waals surface area contributed by atoms with Gasteiger partial charge in [0.25, 0.3) is 0 Å². The molecule has 0 aromatic rings. The van der Waals surface area contributed by atoms with Gasteiger partial charge in [-0.25, -0.2) is 0 Å². The van der Waals surface area contributed by atoms with Crippen LogP contribution in [0.25, 0.3) is 0 Å². The van der Waals surface area contributed by atoms with Gasteiger partial charge in [0.1, 0.15) is 0 Å². The van der Waals surface area contributed by atoms with Gasteiger partial charge in [0, 0.05) is 11.7 Å². The van der Waals surface area contributed by atoms with E-state index in [1.807, 2.05) is 0 Å². The molecule has 0 amide bonds. The second-order valence-corrected chi connectivity index (χ2v) is 4.62. The lowest BCUT2D eigenvalue weighted by molar-refractivity contribution is 0.643. The molecule has 0 heterocycles. The monoisotopic (exact) mass is 251 g/mol. The van der Waals surface area contributed by atoms with Gasteiger partial charge in [-0.3, -0.25) is 0 Å². The minimum atomic E-state index is 0.483. The zero-order valence-corrected chi connectivity index (χ0v) is 9.63. The average molecular weight is 252 g/mol. The van der Waals surface area contributed by atoms with Crippen LogP contribution in [-0.2, 0) is 0 Å². The van der Waals surface area contributed by atoms with E-state index >= 15 is 0 Å². The van der Waals surface area contributed by atoms with Crippen LogP contribution in [0.15, 0.2) is 46.6 Å². The maximum absolute atomic E-state index is 3.54. The molecule has 2 heteroatoms. The molecule has 14 heavy (non-hydrogen) atoms. The van der Waals surface area contributed by atoms with Crippen LogP contribution in [0.2, 0.25) is 0 Å². The first-order valence-electron chi connectivity index (χ1n) is 5.00. The van der Waals surface area contributed by atoms with Crippen molar-refractivity contribution in [1.82, 2.24) is 5.32 Å². The molecule has 0 radical (unpaired) electrons. The first kappa shape index (κ1) is 9.78. The zero-order chi connectivity index (χ0) is 9.80. The third-order valence-electron chi connectivity index (χ3n) is 2.45. The quantitative estimate of drug-likeness (QED) is 0.794. The summed E-state index contributed by atoms with van der Waals surface area (Å²) in [5.41, 5.74) is 1.35. The third-order valence-corrected chi connectivity index (χ3v) is 3.11. The van der Waals surface area contributed by atoms with Gasteiger partial charge in [0.2, 0.25) is 0 Å². The fourth-order valence-corrected chi connectivity index (χ4v) is 1.99. The van der Waals surface area contributed by atoms with Gasteiger partial charge in [-0.2, -0.15) is 0 Å². The molecule has 0 unspecified atom stereocenters. The first-order valence-corrected chi connectivity index (χ1v) is 5.79. The fraction of sp³-hybridized carbons (Fsp3) is 0.333. The summed E-state index contributed by atoms with van der Waals surface area (Å²) >= 11 is 3.50. The molecular weight excluding hydrogens is 238 g/mol. The summed E-state index contributed by atoms with van der Waals surface area (Å²) in [5, 5.41) is 3.54. The second-order valence-electron chi connectivity index (χ2n) is 3.61. The van der Waals surface area contributed by atoms with Crippen molar-refractivity contribution in [3.8, 4) is 0 Å². The van der Waals surface area contributed by atoms with E-state index in [1.54, 1.807) is 0 Å². The summed E-state index contributed by atoms with van der Waals surface area (Å²) in [6, 6.07) is 0.483. The van der Waals surface area contributed by atoms with Crippen molar-refractivity contribution in [3.05, 3.63) is 46.6 Å². The van der Waals surface area contributed by atoms with Gasteiger partial charge in [0.05, 0.1) is 0 Å². The van der Waals surface area contributed by atoms with Crippen LogP contribution in [0.4, 0.5) is 0 Å². The van der Waals surface area contributed by atoms with E-state index in [1.165, 1.54) is 10.2 Å². The Morgan fingerprint density at radius 3 is 2.79 bits per heavy atom. The molecule has 2 aliphatic carbocycles. The summed E-state index contributed by atoms with van der Waals surface area (Å²) < 4.78 is 1.29. The van der Waals surface area contributed by atoms with Gasteiger partial charge < -0.3 is 5.32 Å². The normalized spacial score (nSPS) is 25.6. The smallest absolute Gasteiger partial charge is 0.0479 e. The predicted molar refractivity (Wildman–Crippen MR) is 64.1 cm³/mol. The largest absolute Gasteiger partial charge is 0.382 e. The fourth-order valence-electron chi connectivity index (χ4n) is 1.66. The molecule has 0 fully saturated rings. The number of rotatable bonds is 2. The van der Waals surface area contributed by atoms with E-state index in [2.05, 4.69) is 57.7 Å². The van der Waals surface area contributed by atoms with Crippen molar-refractivity contribution in [2.75, 3.05) is 0 Å². The standard InChI is InChI=1S/C12H14BrN/c13-10-6-8-12(9-7-10)14-11-4-2-1-3-5-11/h1-4,6,8,11,14H,5,7,9H2/t11-/m1/s1. The molecule has 1 N–H and O–H groups in total. The highest BCUT2D eigenvalue weighted by atomic mass is 79.9. The number of halogens is 1. The van der Waals surface area contributed by atoms with Gasteiger partial charge in [-0.15, -0.1) is 0 Å². The van der Waals surface area contributed by atoms with Crippen LogP contribution in [-0.4, -0.2) is 6.04 Å². The summed E-state index contributed by atoms with van der Waals surface area (Å²) in [7, 11) is 0. The second kappa shape index (κ2) is 4.65. The van der Waals surface area contributed by atoms with Crippen molar-refractivity contribution < 1.29 is 0 Å². The summed E-state index contributed by atoms with van der Waals surface area (Å²) in [5.74, 6) is 0. The topological polar surface area (TPSA) is 12.0 Å². The van der Waals surface area contributed by atoms with Crippen LogP contribution in [0.1, 0.15) is 19.3 Å². The highest BCUT2D eigenvalue weighted by Crippen LogP contribution is 2.21. The Balaban J connectivity index is 1.92. The van der Waals surface area contributed by atoms with Crippen LogP contribution >= 0.6 is 15.9 Å². The summed E-state index contributed by atoms with van der Waals surface area (Å²) in [4.78, 5) is 0. The third kappa shape index (κ3) is 2.61. The summed E-state index contributed by atoms with van der Waals surface area (Å²) in [6.45, 7) is 0. The lowest BCUT2D eigenvalue weighted by atomic mass is 10.1. The number of nitrogens with one attached hydrogen (secondary N) is 1. The SMILES string of the molecule is BrC1=CC=C(N[C@@H]2C=CC=CC2)CC1. The maximum atomic E-state index is 3.54. The zero-order valence-electron chi connectivity index (χ0n) is 8.04. The molecule has 0 saturated carbocycles. The van der Waals surface area contributed by atoms with Gasteiger partial charge in [-0.05, 0) is 29.8 Å². The molecule has 2 rings (SSSR count). The molecule has 0 aromatic carbocycles. The molecule has 1 atom stereocenters. The molecular formula is C12H14BrN. The Bertz CT molecular complexity index is 323. The first-order chi connectivity index (χ1) is 6.84. The highest BCUT2D eigenvalue weighted by Gasteiger charge is 2.08. The average Bonchev–Trinajstić information content (AvgIpc) is 2.23. The van der Waals surface area contributed by atoms with Crippen molar-refractivity contribution in [3.63, 3.8) is 0 Å². The van der Waals surface area contributed by atoms with Crippen LogP contribution in [0.5, 0.6) is 0 Å². The maximum Gasteiger partial charge on any atom is 0.0479 e. The van der Waals surface area contributed by atoms with E-state index < -0.39 is 0 Å². The Kier molecular flexibility index (Phi) is 3.25. The van der Waals surface area contributed by atoms with Crippen LogP contribution in [0, 0.1) is 0 Å². The minimum absolute atomic E-state index is 0.483. The minimum Gasteiger partial charge on any atom is -0.382 e. The Morgan fingerprint density at radius 1 is 1.21 bits per heavy atom. The molecule has 2 aliphatic rings. The van der Waals surface area contributed by atoms with Crippen molar-refractivity contribution in [2.45, 2.75) is 25.3 Å².